The fourth-order valence-corrected chi connectivity index (χ4v) is 4.84. The van der Waals surface area contributed by atoms with E-state index in [1.165, 1.54) is 12.0 Å². The van der Waals surface area contributed by atoms with E-state index in [0.717, 1.165) is 16.3 Å². The van der Waals surface area contributed by atoms with E-state index in [-0.39, 0.29) is 0 Å². The maximum atomic E-state index is 13.1. The first-order chi connectivity index (χ1) is 14.8. The van der Waals surface area contributed by atoms with E-state index in [0.29, 0.717) is 28.4 Å². The lowest BCUT2D eigenvalue weighted by molar-refractivity contribution is 0.0670. The van der Waals surface area contributed by atoms with E-state index in [2.05, 4.69) is 11.1 Å². The molecule has 5 rings (SSSR count). The van der Waals surface area contributed by atoms with Crippen LogP contribution in [0.1, 0.15) is 31.9 Å². The Balaban J connectivity index is 1.80. The molecule has 0 radical (unpaired) electrons. The largest absolute Gasteiger partial charge is 0.459 e. The summed E-state index contributed by atoms with van der Waals surface area (Å²) >= 11 is 0. The molecule has 1 unspecified atom stereocenters. The summed E-state index contributed by atoms with van der Waals surface area (Å²) in [6, 6.07) is 13.1. The monoisotopic (exact) mass is 412 g/mol. The van der Waals surface area contributed by atoms with Gasteiger partial charge in [0, 0.05) is 23.2 Å². The van der Waals surface area contributed by atoms with Crippen LogP contribution in [0, 0.1) is 11.3 Å². The summed E-state index contributed by atoms with van der Waals surface area (Å²) in [6.45, 7) is 5.84. The summed E-state index contributed by atoms with van der Waals surface area (Å²) in [6.07, 6.45) is 2.95. The van der Waals surface area contributed by atoms with Crippen molar-refractivity contribution in [1.82, 2.24) is 4.98 Å². The Morgan fingerprint density at radius 2 is 2.03 bits per heavy atom. The average Bonchev–Trinajstić information content (AvgIpc) is 2.97. The van der Waals surface area contributed by atoms with Gasteiger partial charge in [0.2, 0.25) is 5.72 Å². The molecule has 2 aliphatic heterocycles. The zero-order chi connectivity index (χ0) is 22.0. The van der Waals surface area contributed by atoms with Gasteiger partial charge in [-0.15, -0.1) is 0 Å². The van der Waals surface area contributed by atoms with Gasteiger partial charge in [0.25, 0.3) is 0 Å². The minimum Gasteiger partial charge on any atom is -0.459 e. The molecule has 1 amide bonds. The van der Waals surface area contributed by atoms with E-state index in [1.54, 1.807) is 30.6 Å². The molecule has 0 fully saturated rings. The normalized spacial score (nSPS) is 20.5. The predicted molar refractivity (Wildman–Crippen MR) is 117 cm³/mol. The summed E-state index contributed by atoms with van der Waals surface area (Å²) in [7, 11) is 1.34. The number of carbonyl (C=O) groups is 1. The fourth-order valence-electron chi connectivity index (χ4n) is 4.84. The molecule has 1 spiro atoms. The van der Waals surface area contributed by atoms with Crippen LogP contribution in [0.4, 0.5) is 16.2 Å². The molecular formula is C24H20N4O3. The molecule has 3 aromatic rings. The number of carbonyl (C=O) groups excluding carboxylic acids is 1. The lowest BCUT2D eigenvalue weighted by Gasteiger charge is -2.47. The molecule has 3 heterocycles. The zero-order valence-electron chi connectivity index (χ0n) is 17.6. The van der Waals surface area contributed by atoms with Gasteiger partial charge in [0.05, 0.1) is 35.6 Å². The number of hydrogen-bond acceptors (Lipinski definition) is 6. The van der Waals surface area contributed by atoms with E-state index in [9.17, 15) is 10.1 Å². The van der Waals surface area contributed by atoms with Gasteiger partial charge in [-0.25, -0.2) is 14.7 Å². The molecule has 0 N–H and O–H groups in total. The van der Waals surface area contributed by atoms with Crippen LogP contribution >= 0.6 is 0 Å². The minimum absolute atomic E-state index is 0.512. The van der Waals surface area contributed by atoms with Gasteiger partial charge < -0.3 is 9.47 Å². The summed E-state index contributed by atoms with van der Waals surface area (Å²) in [5, 5.41) is 11.3. The highest BCUT2D eigenvalue weighted by molar-refractivity contribution is 6.10. The molecule has 0 aliphatic carbocycles. The van der Waals surface area contributed by atoms with Gasteiger partial charge in [-0.3, -0.25) is 4.98 Å². The highest BCUT2D eigenvalue weighted by atomic mass is 16.6. The molecule has 7 heteroatoms. The number of pyridine rings is 1. The number of methoxy groups -OCH3 is 1. The molecule has 2 aliphatic rings. The SMILES string of the molecule is COC(=O)N1c2ccc(C#N)cc2C(C)(C)C12Oc1ccc3cnccc3c1N=C2C. The highest BCUT2D eigenvalue weighted by Crippen LogP contribution is 2.56. The third-order valence-electron chi connectivity index (χ3n) is 6.34. The molecule has 0 saturated carbocycles. The van der Waals surface area contributed by atoms with Crippen molar-refractivity contribution < 1.29 is 14.3 Å². The van der Waals surface area contributed by atoms with Gasteiger partial charge in [0.1, 0.15) is 11.4 Å². The van der Waals surface area contributed by atoms with Crippen LogP contribution in [0.25, 0.3) is 10.8 Å². The molecule has 0 bridgehead atoms. The Morgan fingerprint density at radius 1 is 1.23 bits per heavy atom. The fraction of sp³-hybridized carbons (Fsp3) is 0.250. The van der Waals surface area contributed by atoms with E-state index < -0.39 is 17.2 Å². The summed E-state index contributed by atoms with van der Waals surface area (Å²) in [5.41, 5.74) is 1.33. The number of nitriles is 1. The Labute approximate surface area is 179 Å². The molecule has 0 saturated heterocycles. The van der Waals surface area contributed by atoms with Crippen molar-refractivity contribution in [3.05, 3.63) is 59.9 Å². The second-order valence-electron chi connectivity index (χ2n) is 8.23. The number of benzene rings is 2. The maximum absolute atomic E-state index is 13.1. The standard InChI is InChI=1S/C24H20N4O3/c1-14-24(31-20-8-6-16-13-26-10-9-17(16)21(20)27-14)23(2,3)18-11-15(12-25)5-7-19(18)28(24)22(29)30-4/h5-11,13H,1-4H3. The number of anilines is 1. The number of aromatic nitrogens is 1. The lowest BCUT2D eigenvalue weighted by atomic mass is 9.74. The Kier molecular flexibility index (Phi) is 3.87. The van der Waals surface area contributed by atoms with Crippen LogP contribution in [0.15, 0.2) is 53.8 Å². The molecule has 1 aromatic heterocycles. The second kappa shape index (κ2) is 6.29. The van der Waals surface area contributed by atoms with Crippen molar-refractivity contribution in [2.45, 2.75) is 31.9 Å². The molecule has 2 aromatic carbocycles. The zero-order valence-corrected chi connectivity index (χ0v) is 17.6. The molecule has 31 heavy (non-hydrogen) atoms. The second-order valence-corrected chi connectivity index (χ2v) is 8.23. The number of rotatable bonds is 0. The lowest BCUT2D eigenvalue weighted by Crippen LogP contribution is -2.66. The Hall–Kier alpha value is -3.92. The summed E-state index contributed by atoms with van der Waals surface area (Å²) < 4.78 is 11.9. The molecule has 1 atom stereocenters. The number of fused-ring (bicyclic) bond motifs is 4. The Bertz CT molecular complexity index is 1340. The van der Waals surface area contributed by atoms with Gasteiger partial charge in [-0.05, 0) is 62.7 Å². The number of aliphatic imine (C=N–C) groups is 1. The third-order valence-corrected chi connectivity index (χ3v) is 6.34. The highest BCUT2D eigenvalue weighted by Gasteiger charge is 2.65. The maximum Gasteiger partial charge on any atom is 0.417 e. The van der Waals surface area contributed by atoms with Gasteiger partial charge in [-0.1, -0.05) is 0 Å². The van der Waals surface area contributed by atoms with Crippen molar-refractivity contribution >= 4 is 34.0 Å². The smallest absolute Gasteiger partial charge is 0.417 e. The number of hydrogen-bond donors (Lipinski definition) is 0. The molecular weight excluding hydrogens is 392 g/mol. The number of amides is 1. The Morgan fingerprint density at radius 3 is 2.77 bits per heavy atom. The average molecular weight is 412 g/mol. The van der Waals surface area contributed by atoms with Crippen molar-refractivity contribution in [3.63, 3.8) is 0 Å². The summed E-state index contributed by atoms with van der Waals surface area (Å²) in [4.78, 5) is 23.7. The van der Waals surface area contributed by atoms with Crippen LogP contribution in [0.5, 0.6) is 5.75 Å². The first-order valence-corrected chi connectivity index (χ1v) is 9.89. The summed E-state index contributed by atoms with van der Waals surface area (Å²) in [5.74, 6) is 0.569. The van der Waals surface area contributed by atoms with E-state index in [4.69, 9.17) is 14.5 Å². The van der Waals surface area contributed by atoms with Crippen LogP contribution < -0.4 is 9.64 Å². The quantitative estimate of drug-likeness (QED) is 0.527. The number of nitrogens with zero attached hydrogens (tertiary/aromatic N) is 4. The van der Waals surface area contributed by atoms with Crippen LogP contribution in [-0.4, -0.2) is 29.6 Å². The van der Waals surface area contributed by atoms with Crippen molar-refractivity contribution in [2.75, 3.05) is 12.0 Å². The van der Waals surface area contributed by atoms with E-state index in [1.807, 2.05) is 39.0 Å². The first-order valence-electron chi connectivity index (χ1n) is 9.89. The van der Waals surface area contributed by atoms with Crippen LogP contribution in [-0.2, 0) is 10.2 Å². The topological polar surface area (TPSA) is 87.8 Å². The predicted octanol–water partition coefficient (Wildman–Crippen LogP) is 4.85. The van der Waals surface area contributed by atoms with Gasteiger partial charge in [0.15, 0.2) is 0 Å². The number of ether oxygens (including phenoxy) is 2. The third kappa shape index (κ3) is 2.30. The molecule has 7 nitrogen and oxygen atoms in total. The van der Waals surface area contributed by atoms with Gasteiger partial charge in [-0.2, -0.15) is 5.26 Å². The van der Waals surface area contributed by atoms with Crippen molar-refractivity contribution in [1.29, 1.82) is 5.26 Å². The van der Waals surface area contributed by atoms with Crippen molar-refractivity contribution in [3.8, 4) is 11.8 Å². The van der Waals surface area contributed by atoms with E-state index >= 15 is 0 Å². The van der Waals surface area contributed by atoms with Crippen LogP contribution in [0.2, 0.25) is 0 Å². The van der Waals surface area contributed by atoms with Gasteiger partial charge >= 0.3 is 6.09 Å². The van der Waals surface area contributed by atoms with Crippen molar-refractivity contribution in [2.24, 2.45) is 4.99 Å². The molecule has 154 valence electrons. The first kappa shape index (κ1) is 19.1. The minimum atomic E-state index is -1.25. The van der Waals surface area contributed by atoms with Crippen LogP contribution in [0.3, 0.4) is 0 Å².